The third-order valence-corrected chi connectivity index (χ3v) is 3.46. The molecular weight excluding hydrogens is 232 g/mol. The highest BCUT2D eigenvalue weighted by Crippen LogP contribution is 2.20. The fourth-order valence-electron chi connectivity index (χ4n) is 1.62. The van der Waals surface area contributed by atoms with Gasteiger partial charge in [-0.15, -0.1) is 22.9 Å². The minimum Gasteiger partial charge on any atom is -0.269 e. The van der Waals surface area contributed by atoms with Crippen LogP contribution >= 0.6 is 22.9 Å². The number of aryl methyl sites for hydroxylation is 3. The first-order valence-electron chi connectivity index (χ1n) is 4.68. The Morgan fingerprint density at radius 2 is 2.27 bits per heavy atom. The fraction of sp³-hybridized carbons (Fsp3) is 0.400. The third-order valence-electron chi connectivity index (χ3n) is 2.27. The molecule has 0 aliphatic heterocycles. The van der Waals surface area contributed by atoms with E-state index in [2.05, 4.69) is 4.98 Å². The summed E-state index contributed by atoms with van der Waals surface area (Å²) in [6, 6.07) is 1.55. The lowest BCUT2D eigenvalue weighted by atomic mass is 10.3. The van der Waals surface area contributed by atoms with Crippen LogP contribution in [0.3, 0.4) is 0 Å². The zero-order valence-electron chi connectivity index (χ0n) is 8.58. The smallest absolute Gasteiger partial charge is 0.258 e. The van der Waals surface area contributed by atoms with Crippen molar-refractivity contribution in [1.82, 2.24) is 9.38 Å². The van der Waals surface area contributed by atoms with Crippen LogP contribution in [0.15, 0.2) is 10.9 Å². The lowest BCUT2D eigenvalue weighted by Gasteiger charge is -1.99. The standard InChI is InChI=1S/C10H11ClN2OS/c1-6-5-9(14)13-8(3-4-11)7(2)15-10(13)12-6/h5H,3-4H2,1-2H3. The highest BCUT2D eigenvalue weighted by molar-refractivity contribution is 7.17. The molecule has 0 bridgehead atoms. The molecule has 0 N–H and O–H groups in total. The van der Waals surface area contributed by atoms with Crippen LogP contribution < -0.4 is 5.56 Å². The van der Waals surface area contributed by atoms with Gasteiger partial charge in [0.15, 0.2) is 4.96 Å². The molecule has 2 rings (SSSR count). The maximum atomic E-state index is 11.8. The molecule has 5 heteroatoms. The average Bonchev–Trinajstić information content (AvgIpc) is 2.43. The Kier molecular flexibility index (Phi) is 2.80. The Balaban J connectivity index is 2.81. The van der Waals surface area contributed by atoms with Crippen molar-refractivity contribution in [3.63, 3.8) is 0 Å². The molecule has 0 saturated carbocycles. The van der Waals surface area contributed by atoms with Crippen LogP contribution in [-0.2, 0) is 6.42 Å². The highest BCUT2D eigenvalue weighted by Gasteiger charge is 2.11. The quantitative estimate of drug-likeness (QED) is 0.757. The van der Waals surface area contributed by atoms with E-state index in [9.17, 15) is 4.79 Å². The van der Waals surface area contributed by atoms with Gasteiger partial charge in [-0.1, -0.05) is 0 Å². The van der Waals surface area contributed by atoms with Crippen LogP contribution in [0.4, 0.5) is 0 Å². The van der Waals surface area contributed by atoms with E-state index in [0.717, 1.165) is 21.2 Å². The maximum absolute atomic E-state index is 11.8. The van der Waals surface area contributed by atoms with Crippen molar-refractivity contribution in [2.75, 3.05) is 5.88 Å². The molecule has 0 amide bonds. The molecular formula is C10H11ClN2OS. The molecule has 0 spiro atoms. The Labute approximate surface area is 96.3 Å². The number of rotatable bonds is 2. The van der Waals surface area contributed by atoms with Gasteiger partial charge in [0.25, 0.3) is 5.56 Å². The summed E-state index contributed by atoms with van der Waals surface area (Å²) < 4.78 is 1.66. The summed E-state index contributed by atoms with van der Waals surface area (Å²) in [5.74, 6) is 0.521. The van der Waals surface area contributed by atoms with Gasteiger partial charge in [-0.3, -0.25) is 9.20 Å². The summed E-state index contributed by atoms with van der Waals surface area (Å²) in [5.41, 5.74) is 1.74. The number of thiazole rings is 1. The lowest BCUT2D eigenvalue weighted by molar-refractivity contribution is 0.931. The molecule has 15 heavy (non-hydrogen) atoms. The molecule has 0 saturated heterocycles. The molecule has 2 heterocycles. The highest BCUT2D eigenvalue weighted by atomic mass is 35.5. The SMILES string of the molecule is Cc1cc(=O)n2c(CCCl)c(C)sc2n1. The van der Waals surface area contributed by atoms with E-state index < -0.39 is 0 Å². The van der Waals surface area contributed by atoms with Gasteiger partial charge in [0.2, 0.25) is 0 Å². The van der Waals surface area contributed by atoms with E-state index in [4.69, 9.17) is 11.6 Å². The first-order chi connectivity index (χ1) is 7.13. The summed E-state index contributed by atoms with van der Waals surface area (Å²) in [7, 11) is 0. The van der Waals surface area contributed by atoms with Crippen molar-refractivity contribution >= 4 is 27.9 Å². The molecule has 2 aromatic rings. The second-order valence-electron chi connectivity index (χ2n) is 3.40. The van der Waals surface area contributed by atoms with Crippen molar-refractivity contribution < 1.29 is 0 Å². The Bertz CT molecular complexity index is 558. The Morgan fingerprint density at radius 3 is 2.93 bits per heavy atom. The van der Waals surface area contributed by atoms with Crippen LogP contribution in [0.25, 0.3) is 4.96 Å². The number of hydrogen-bond donors (Lipinski definition) is 0. The number of halogens is 1. The molecule has 80 valence electrons. The van der Waals surface area contributed by atoms with Crippen LogP contribution in [0.5, 0.6) is 0 Å². The van der Waals surface area contributed by atoms with E-state index >= 15 is 0 Å². The van der Waals surface area contributed by atoms with Crippen molar-refractivity contribution in [2.45, 2.75) is 20.3 Å². The summed E-state index contributed by atoms with van der Waals surface area (Å²) >= 11 is 7.26. The van der Waals surface area contributed by atoms with Crippen LogP contribution in [-0.4, -0.2) is 15.3 Å². The van der Waals surface area contributed by atoms with Crippen molar-refractivity contribution in [3.8, 4) is 0 Å². The van der Waals surface area contributed by atoms with E-state index in [-0.39, 0.29) is 5.56 Å². The zero-order chi connectivity index (χ0) is 11.0. The van der Waals surface area contributed by atoms with Gasteiger partial charge in [-0.25, -0.2) is 4.98 Å². The molecule has 2 aromatic heterocycles. The third kappa shape index (κ3) is 1.79. The monoisotopic (exact) mass is 242 g/mol. The second-order valence-corrected chi connectivity index (χ2v) is 4.96. The fourth-order valence-corrected chi connectivity index (χ4v) is 2.86. The number of nitrogens with zero attached hydrogens (tertiary/aromatic N) is 2. The van der Waals surface area contributed by atoms with Gasteiger partial charge in [0.1, 0.15) is 0 Å². The minimum absolute atomic E-state index is 0.0121. The molecule has 3 nitrogen and oxygen atoms in total. The summed E-state index contributed by atoms with van der Waals surface area (Å²) in [5, 5.41) is 0. The van der Waals surface area contributed by atoms with E-state index in [1.807, 2.05) is 13.8 Å². The largest absolute Gasteiger partial charge is 0.269 e. The van der Waals surface area contributed by atoms with Gasteiger partial charge in [-0.05, 0) is 13.8 Å². The molecule has 0 aliphatic carbocycles. The van der Waals surface area contributed by atoms with Crippen LogP contribution in [0.1, 0.15) is 16.3 Å². The molecule has 0 aromatic carbocycles. The summed E-state index contributed by atoms with van der Waals surface area (Å²) in [6.45, 7) is 3.83. The van der Waals surface area contributed by atoms with E-state index in [1.54, 1.807) is 21.8 Å². The number of fused-ring (bicyclic) bond motifs is 1. The molecule has 0 radical (unpaired) electrons. The second kappa shape index (κ2) is 3.94. The number of alkyl halides is 1. The normalized spacial score (nSPS) is 11.1. The summed E-state index contributed by atoms with van der Waals surface area (Å²) in [6.07, 6.45) is 0.706. The average molecular weight is 243 g/mol. The first-order valence-corrected chi connectivity index (χ1v) is 6.03. The molecule has 0 aliphatic rings. The molecule has 0 unspecified atom stereocenters. The number of aromatic nitrogens is 2. The van der Waals surface area contributed by atoms with Crippen molar-refractivity contribution in [2.24, 2.45) is 0 Å². The van der Waals surface area contributed by atoms with Crippen molar-refractivity contribution in [1.29, 1.82) is 0 Å². The predicted octanol–water partition coefficient (Wildman–Crippen LogP) is 2.15. The summed E-state index contributed by atoms with van der Waals surface area (Å²) in [4.78, 5) is 18.0. The zero-order valence-corrected chi connectivity index (χ0v) is 10.2. The van der Waals surface area contributed by atoms with Crippen molar-refractivity contribution in [3.05, 3.63) is 32.7 Å². The van der Waals surface area contributed by atoms with Crippen LogP contribution in [0.2, 0.25) is 0 Å². The Hall–Kier alpha value is -0.870. The molecule has 0 fully saturated rings. The van der Waals surface area contributed by atoms with E-state index in [1.165, 1.54) is 0 Å². The van der Waals surface area contributed by atoms with Gasteiger partial charge in [0.05, 0.1) is 0 Å². The van der Waals surface area contributed by atoms with Gasteiger partial charge in [0, 0.05) is 34.6 Å². The first kappa shape index (κ1) is 10.6. The van der Waals surface area contributed by atoms with Crippen LogP contribution in [0, 0.1) is 13.8 Å². The maximum Gasteiger partial charge on any atom is 0.258 e. The number of hydrogen-bond acceptors (Lipinski definition) is 3. The predicted molar refractivity (Wildman–Crippen MR) is 63.2 cm³/mol. The topological polar surface area (TPSA) is 34.4 Å². The van der Waals surface area contributed by atoms with Gasteiger partial charge >= 0.3 is 0 Å². The molecule has 0 atom stereocenters. The lowest BCUT2D eigenvalue weighted by Crippen LogP contribution is -2.16. The minimum atomic E-state index is -0.0121. The van der Waals surface area contributed by atoms with E-state index in [0.29, 0.717) is 12.3 Å². The van der Waals surface area contributed by atoms with Gasteiger partial charge < -0.3 is 0 Å². The van der Waals surface area contributed by atoms with Gasteiger partial charge in [-0.2, -0.15) is 0 Å². The Morgan fingerprint density at radius 1 is 1.53 bits per heavy atom.